The largest absolute Gasteiger partial charge is 0.398 e. The van der Waals surface area contributed by atoms with Gasteiger partial charge in [0.1, 0.15) is 0 Å². The number of hydrogen-bond acceptors (Lipinski definition) is 3. The Labute approximate surface area is 119 Å². The van der Waals surface area contributed by atoms with Crippen molar-refractivity contribution in [3.63, 3.8) is 0 Å². The Kier molecular flexibility index (Phi) is 2.47. The molecule has 0 aliphatic carbocycles. The van der Waals surface area contributed by atoms with Gasteiger partial charge in [0.05, 0.1) is 16.7 Å². The van der Waals surface area contributed by atoms with Crippen molar-refractivity contribution in [1.29, 1.82) is 0 Å². The molecule has 2 heterocycles. The number of nitrogen functional groups attached to an aromatic ring is 1. The average Bonchev–Trinajstić information content (AvgIpc) is 3.04. The van der Waals surface area contributed by atoms with Crippen molar-refractivity contribution < 1.29 is 0 Å². The number of nitrogens with zero attached hydrogens (tertiary/aromatic N) is 1. The first kappa shape index (κ1) is 11.4. The highest BCUT2D eigenvalue weighted by Crippen LogP contribution is 2.35. The summed E-state index contributed by atoms with van der Waals surface area (Å²) in [6, 6.07) is 14.3. The maximum atomic E-state index is 6.11. The van der Waals surface area contributed by atoms with Gasteiger partial charge in [-0.15, -0.1) is 0 Å². The van der Waals surface area contributed by atoms with Gasteiger partial charge in [0.25, 0.3) is 0 Å². The molecule has 0 fully saturated rings. The number of aromatic amines is 2. The lowest BCUT2D eigenvalue weighted by Crippen LogP contribution is -1.88. The first-order valence-electron chi connectivity index (χ1n) is 6.28. The molecule has 0 unspecified atom stereocenters. The Hall–Kier alpha value is -2.40. The molecule has 2 aromatic carbocycles. The van der Waals surface area contributed by atoms with Gasteiger partial charge in [-0.2, -0.15) is 5.10 Å². The van der Waals surface area contributed by atoms with E-state index >= 15 is 0 Å². The average molecular weight is 280 g/mol. The van der Waals surface area contributed by atoms with Crippen LogP contribution in [0, 0.1) is 0 Å². The van der Waals surface area contributed by atoms with Crippen LogP contribution in [0.15, 0.2) is 58.6 Å². The molecular formula is C15H12N4S. The van der Waals surface area contributed by atoms with Crippen molar-refractivity contribution >= 4 is 39.3 Å². The predicted octanol–water partition coefficient (Wildman–Crippen LogP) is 3.78. The Morgan fingerprint density at radius 1 is 1.00 bits per heavy atom. The summed E-state index contributed by atoms with van der Waals surface area (Å²) in [7, 11) is 0. The number of nitrogens with two attached hydrogens (primary N) is 1. The van der Waals surface area contributed by atoms with Gasteiger partial charge in [0.2, 0.25) is 0 Å². The highest BCUT2D eigenvalue weighted by molar-refractivity contribution is 7.99. The van der Waals surface area contributed by atoms with E-state index in [2.05, 4.69) is 33.4 Å². The molecule has 0 spiro atoms. The van der Waals surface area contributed by atoms with Crippen molar-refractivity contribution in [3.8, 4) is 0 Å². The van der Waals surface area contributed by atoms with E-state index in [4.69, 9.17) is 5.73 Å². The van der Waals surface area contributed by atoms with Gasteiger partial charge in [0, 0.05) is 26.9 Å². The van der Waals surface area contributed by atoms with Crippen LogP contribution in [0.4, 0.5) is 5.69 Å². The van der Waals surface area contributed by atoms with Gasteiger partial charge < -0.3 is 10.7 Å². The molecule has 0 saturated carbocycles. The maximum Gasteiger partial charge on any atom is 0.0781 e. The predicted molar refractivity (Wildman–Crippen MR) is 82.9 cm³/mol. The van der Waals surface area contributed by atoms with Gasteiger partial charge in [0.15, 0.2) is 0 Å². The molecule has 5 heteroatoms. The summed E-state index contributed by atoms with van der Waals surface area (Å²) in [4.78, 5) is 4.42. The van der Waals surface area contributed by atoms with Crippen LogP contribution in [0.3, 0.4) is 0 Å². The van der Waals surface area contributed by atoms with Gasteiger partial charge >= 0.3 is 0 Å². The number of para-hydroxylation sites is 1. The molecule has 4 nitrogen and oxygen atoms in total. The van der Waals surface area contributed by atoms with E-state index in [1.165, 1.54) is 5.39 Å². The van der Waals surface area contributed by atoms with Crippen molar-refractivity contribution in [1.82, 2.24) is 15.2 Å². The molecule has 0 saturated heterocycles. The zero-order valence-electron chi connectivity index (χ0n) is 10.6. The zero-order valence-corrected chi connectivity index (χ0v) is 11.4. The third-order valence-electron chi connectivity index (χ3n) is 3.30. The summed E-state index contributed by atoms with van der Waals surface area (Å²) in [5.74, 6) is 0. The quantitative estimate of drug-likeness (QED) is 0.489. The Bertz CT molecular complexity index is 873. The number of H-pyrrole nitrogens is 2. The lowest BCUT2D eigenvalue weighted by Gasteiger charge is -2.03. The summed E-state index contributed by atoms with van der Waals surface area (Å²) in [5.41, 5.74) is 9.01. The molecule has 20 heavy (non-hydrogen) atoms. The molecule has 2 aromatic heterocycles. The Balaban J connectivity index is 1.77. The van der Waals surface area contributed by atoms with Crippen molar-refractivity contribution in [2.45, 2.75) is 9.92 Å². The van der Waals surface area contributed by atoms with Crippen LogP contribution >= 0.6 is 11.8 Å². The highest BCUT2D eigenvalue weighted by Gasteiger charge is 2.07. The number of anilines is 1. The fourth-order valence-corrected chi connectivity index (χ4v) is 3.24. The summed E-state index contributed by atoms with van der Waals surface area (Å²) < 4.78 is 0. The summed E-state index contributed by atoms with van der Waals surface area (Å²) in [6.07, 6.45) is 1.78. The van der Waals surface area contributed by atoms with Crippen LogP contribution in [0.25, 0.3) is 21.8 Å². The number of nitrogens with one attached hydrogen (secondary N) is 2. The minimum atomic E-state index is 0.766. The fourth-order valence-electron chi connectivity index (χ4n) is 2.30. The number of hydrogen-bond donors (Lipinski definition) is 3. The van der Waals surface area contributed by atoms with Gasteiger partial charge in [-0.05, 0) is 24.3 Å². The monoisotopic (exact) mass is 280 g/mol. The molecule has 0 atom stereocenters. The van der Waals surface area contributed by atoms with E-state index in [1.807, 2.05) is 24.3 Å². The van der Waals surface area contributed by atoms with E-state index in [1.54, 1.807) is 18.0 Å². The third kappa shape index (κ3) is 1.83. The molecule has 4 N–H and O–H groups in total. The van der Waals surface area contributed by atoms with Gasteiger partial charge in [-0.25, -0.2) is 0 Å². The Morgan fingerprint density at radius 3 is 2.80 bits per heavy atom. The molecule has 4 aromatic rings. The summed E-state index contributed by atoms with van der Waals surface area (Å²) in [6.45, 7) is 0. The molecule has 0 aliphatic rings. The van der Waals surface area contributed by atoms with Crippen LogP contribution in [0.1, 0.15) is 0 Å². The standard InChI is InChI=1S/C15H12N4S/c16-11-5-10-8-17-19-13(10)7-14(11)20-15-6-9-3-1-2-4-12(9)18-15/h1-8,18H,16H2,(H,17,19). The van der Waals surface area contributed by atoms with Gasteiger partial charge in [-0.1, -0.05) is 30.0 Å². The van der Waals surface area contributed by atoms with E-state index in [0.717, 1.165) is 32.0 Å². The minimum Gasteiger partial charge on any atom is -0.398 e. The second-order valence-corrected chi connectivity index (χ2v) is 5.75. The van der Waals surface area contributed by atoms with Crippen LogP contribution in [-0.2, 0) is 0 Å². The smallest absolute Gasteiger partial charge is 0.0781 e. The normalized spacial score (nSPS) is 11.4. The first-order valence-corrected chi connectivity index (χ1v) is 7.09. The van der Waals surface area contributed by atoms with Crippen molar-refractivity contribution in [3.05, 3.63) is 48.7 Å². The topological polar surface area (TPSA) is 70.5 Å². The van der Waals surface area contributed by atoms with Crippen LogP contribution in [0.5, 0.6) is 0 Å². The highest BCUT2D eigenvalue weighted by atomic mass is 32.2. The van der Waals surface area contributed by atoms with Crippen LogP contribution < -0.4 is 5.73 Å². The fraction of sp³-hybridized carbons (Fsp3) is 0. The van der Waals surface area contributed by atoms with E-state index in [0.29, 0.717) is 0 Å². The summed E-state index contributed by atoms with van der Waals surface area (Å²) >= 11 is 1.63. The van der Waals surface area contributed by atoms with Gasteiger partial charge in [-0.3, -0.25) is 5.10 Å². The second-order valence-electron chi connectivity index (χ2n) is 4.67. The van der Waals surface area contributed by atoms with Crippen LogP contribution in [-0.4, -0.2) is 15.2 Å². The molecule has 98 valence electrons. The lowest BCUT2D eigenvalue weighted by atomic mass is 10.2. The molecule has 0 aliphatic heterocycles. The van der Waals surface area contributed by atoms with Crippen molar-refractivity contribution in [2.75, 3.05) is 5.73 Å². The number of benzene rings is 2. The zero-order chi connectivity index (χ0) is 13.5. The molecular weight excluding hydrogens is 268 g/mol. The lowest BCUT2D eigenvalue weighted by molar-refractivity contribution is 1.12. The molecule has 4 rings (SSSR count). The molecule has 0 radical (unpaired) electrons. The number of fused-ring (bicyclic) bond motifs is 2. The molecule has 0 bridgehead atoms. The third-order valence-corrected chi connectivity index (χ3v) is 4.31. The maximum absolute atomic E-state index is 6.11. The molecule has 0 amide bonds. The van der Waals surface area contributed by atoms with E-state index in [9.17, 15) is 0 Å². The number of rotatable bonds is 2. The SMILES string of the molecule is Nc1cc2cn[nH]c2cc1Sc1cc2ccccc2[nH]1. The van der Waals surface area contributed by atoms with Crippen molar-refractivity contribution in [2.24, 2.45) is 0 Å². The summed E-state index contributed by atoms with van der Waals surface area (Å²) in [5, 5.41) is 10.3. The van der Waals surface area contributed by atoms with Crippen LogP contribution in [0.2, 0.25) is 0 Å². The van der Waals surface area contributed by atoms with E-state index < -0.39 is 0 Å². The van der Waals surface area contributed by atoms with E-state index in [-0.39, 0.29) is 0 Å². The second kappa shape index (κ2) is 4.31. The minimum absolute atomic E-state index is 0.766. The first-order chi connectivity index (χ1) is 9.79. The number of aromatic nitrogens is 3. The Morgan fingerprint density at radius 2 is 1.90 bits per heavy atom.